The van der Waals surface area contributed by atoms with Gasteiger partial charge < -0.3 is 9.42 Å². The smallest absolute Gasteiger partial charge is 0.253 e. The van der Waals surface area contributed by atoms with Crippen molar-refractivity contribution in [3.63, 3.8) is 0 Å². The van der Waals surface area contributed by atoms with Crippen LogP contribution in [0.1, 0.15) is 66.7 Å². The molecular formula is C20H25N3O2. The molecule has 132 valence electrons. The van der Waals surface area contributed by atoms with E-state index in [1.807, 2.05) is 36.1 Å². The topological polar surface area (TPSA) is 59.2 Å². The minimum Gasteiger partial charge on any atom is -0.339 e. The molecule has 1 saturated carbocycles. The zero-order valence-electron chi connectivity index (χ0n) is 15.2. The number of amides is 1. The van der Waals surface area contributed by atoms with E-state index >= 15 is 0 Å². The van der Waals surface area contributed by atoms with Crippen molar-refractivity contribution in [1.29, 1.82) is 0 Å². The van der Waals surface area contributed by atoms with Crippen LogP contribution < -0.4 is 0 Å². The quantitative estimate of drug-likeness (QED) is 0.855. The van der Waals surface area contributed by atoms with Crippen molar-refractivity contribution >= 4 is 5.91 Å². The summed E-state index contributed by atoms with van der Waals surface area (Å²) < 4.78 is 5.47. The molecule has 5 heteroatoms. The van der Waals surface area contributed by atoms with Crippen LogP contribution in [0.4, 0.5) is 0 Å². The zero-order valence-corrected chi connectivity index (χ0v) is 15.2. The van der Waals surface area contributed by atoms with Crippen molar-refractivity contribution in [3.05, 3.63) is 47.1 Å². The Hall–Kier alpha value is -2.17. The summed E-state index contributed by atoms with van der Waals surface area (Å²) in [6.07, 6.45) is 3.33. The molecule has 0 bridgehead atoms. The maximum Gasteiger partial charge on any atom is 0.253 e. The number of fused-ring (bicyclic) bond motifs is 1. The minimum atomic E-state index is -0.129. The normalized spacial score (nSPS) is 25.6. The molecule has 2 fully saturated rings. The van der Waals surface area contributed by atoms with Crippen LogP contribution in [0.2, 0.25) is 0 Å². The molecule has 0 radical (unpaired) electrons. The van der Waals surface area contributed by atoms with Crippen LogP contribution in [0.15, 0.2) is 28.8 Å². The Morgan fingerprint density at radius 2 is 2.24 bits per heavy atom. The van der Waals surface area contributed by atoms with E-state index in [0.29, 0.717) is 18.4 Å². The van der Waals surface area contributed by atoms with E-state index in [-0.39, 0.29) is 17.2 Å². The van der Waals surface area contributed by atoms with Crippen LogP contribution in [0.3, 0.4) is 0 Å². The minimum absolute atomic E-state index is 0.116. The van der Waals surface area contributed by atoms with Gasteiger partial charge >= 0.3 is 0 Å². The molecule has 1 amide bonds. The average molecular weight is 339 g/mol. The van der Waals surface area contributed by atoms with Crippen LogP contribution in [0.5, 0.6) is 0 Å². The highest BCUT2D eigenvalue weighted by Crippen LogP contribution is 2.49. The zero-order chi connectivity index (χ0) is 17.6. The molecule has 1 aromatic carbocycles. The van der Waals surface area contributed by atoms with Gasteiger partial charge in [0, 0.05) is 24.6 Å². The fourth-order valence-electron chi connectivity index (χ4n) is 4.44. The third kappa shape index (κ3) is 2.66. The first-order chi connectivity index (χ1) is 12.0. The second kappa shape index (κ2) is 5.97. The van der Waals surface area contributed by atoms with Gasteiger partial charge in [-0.3, -0.25) is 4.79 Å². The van der Waals surface area contributed by atoms with Gasteiger partial charge in [0.15, 0.2) is 5.82 Å². The molecule has 2 atom stereocenters. The molecule has 4 rings (SSSR count). The molecule has 1 saturated heterocycles. The van der Waals surface area contributed by atoms with Crippen molar-refractivity contribution in [2.24, 2.45) is 5.92 Å². The van der Waals surface area contributed by atoms with Crippen molar-refractivity contribution in [1.82, 2.24) is 15.0 Å². The maximum absolute atomic E-state index is 13.0. The number of carbonyl (C=O) groups excluding carboxylic acids is 1. The lowest BCUT2D eigenvalue weighted by molar-refractivity contribution is 0.0777. The summed E-state index contributed by atoms with van der Waals surface area (Å²) in [4.78, 5) is 19.7. The van der Waals surface area contributed by atoms with Crippen LogP contribution in [0, 0.1) is 12.8 Å². The molecule has 2 heterocycles. The van der Waals surface area contributed by atoms with Gasteiger partial charge in [0.1, 0.15) is 0 Å². The second-order valence-corrected chi connectivity index (χ2v) is 7.91. The fraction of sp³-hybridized carbons (Fsp3) is 0.550. The van der Waals surface area contributed by atoms with E-state index in [4.69, 9.17) is 9.51 Å². The van der Waals surface area contributed by atoms with Crippen LogP contribution >= 0.6 is 0 Å². The SMILES string of the molecule is Cc1cccc(C(=O)N2CC3CCCC3(c3noc(C(C)C)n3)C2)c1. The van der Waals surface area contributed by atoms with Gasteiger partial charge in [-0.2, -0.15) is 4.98 Å². The first kappa shape index (κ1) is 16.3. The van der Waals surface area contributed by atoms with Gasteiger partial charge in [0.05, 0.1) is 5.41 Å². The number of nitrogens with zero attached hydrogens (tertiary/aromatic N) is 3. The highest BCUT2D eigenvalue weighted by Gasteiger charge is 2.54. The molecule has 2 aliphatic rings. The van der Waals surface area contributed by atoms with E-state index in [2.05, 4.69) is 19.0 Å². The van der Waals surface area contributed by atoms with E-state index in [1.165, 1.54) is 6.42 Å². The van der Waals surface area contributed by atoms with Gasteiger partial charge in [-0.15, -0.1) is 0 Å². The van der Waals surface area contributed by atoms with Gasteiger partial charge in [-0.1, -0.05) is 43.1 Å². The number of aromatic nitrogens is 2. The Balaban J connectivity index is 1.62. The lowest BCUT2D eigenvalue weighted by Crippen LogP contribution is -2.35. The third-order valence-corrected chi connectivity index (χ3v) is 5.80. The molecule has 0 N–H and O–H groups in total. The van der Waals surface area contributed by atoms with Gasteiger partial charge in [-0.05, 0) is 37.8 Å². The summed E-state index contributed by atoms with van der Waals surface area (Å²) >= 11 is 0. The summed E-state index contributed by atoms with van der Waals surface area (Å²) in [7, 11) is 0. The summed E-state index contributed by atoms with van der Waals surface area (Å²) in [5, 5.41) is 4.31. The maximum atomic E-state index is 13.0. The highest BCUT2D eigenvalue weighted by molar-refractivity contribution is 5.94. The third-order valence-electron chi connectivity index (χ3n) is 5.80. The van der Waals surface area contributed by atoms with Crippen molar-refractivity contribution < 1.29 is 9.32 Å². The Morgan fingerprint density at radius 3 is 2.96 bits per heavy atom. The van der Waals surface area contributed by atoms with E-state index in [9.17, 15) is 4.79 Å². The number of likely N-dealkylation sites (tertiary alicyclic amines) is 1. The number of carbonyl (C=O) groups is 1. The molecule has 1 aromatic heterocycles. The summed E-state index contributed by atoms with van der Waals surface area (Å²) in [6.45, 7) is 7.62. The highest BCUT2D eigenvalue weighted by atomic mass is 16.5. The number of hydrogen-bond acceptors (Lipinski definition) is 4. The largest absolute Gasteiger partial charge is 0.339 e. The average Bonchev–Trinajstić information content (AvgIpc) is 3.27. The van der Waals surface area contributed by atoms with Gasteiger partial charge in [-0.25, -0.2) is 0 Å². The standard InChI is InChI=1S/C20H25N3O2/c1-13(2)17-21-19(22-25-17)20-9-5-8-16(20)11-23(12-20)18(24)15-7-4-6-14(3)10-15/h4,6-7,10,13,16H,5,8-9,11-12H2,1-3H3. The monoisotopic (exact) mass is 339 g/mol. The van der Waals surface area contributed by atoms with E-state index < -0.39 is 0 Å². The van der Waals surface area contributed by atoms with Crippen molar-refractivity contribution in [3.8, 4) is 0 Å². The number of rotatable bonds is 3. The second-order valence-electron chi connectivity index (χ2n) is 7.91. The van der Waals surface area contributed by atoms with Gasteiger partial charge in [0.25, 0.3) is 5.91 Å². The fourth-order valence-corrected chi connectivity index (χ4v) is 4.44. The molecular weight excluding hydrogens is 314 g/mol. The van der Waals surface area contributed by atoms with Crippen LogP contribution in [0.25, 0.3) is 0 Å². The molecule has 2 unspecified atom stereocenters. The van der Waals surface area contributed by atoms with Crippen molar-refractivity contribution in [2.45, 2.75) is 51.4 Å². The first-order valence-electron chi connectivity index (χ1n) is 9.19. The first-order valence-corrected chi connectivity index (χ1v) is 9.19. The van der Waals surface area contributed by atoms with Crippen molar-refractivity contribution in [2.75, 3.05) is 13.1 Å². The van der Waals surface area contributed by atoms with Crippen LogP contribution in [-0.2, 0) is 5.41 Å². The molecule has 5 nitrogen and oxygen atoms in total. The lowest BCUT2D eigenvalue weighted by Gasteiger charge is -2.24. The summed E-state index contributed by atoms with van der Waals surface area (Å²) in [6, 6.07) is 7.84. The Labute approximate surface area is 148 Å². The molecule has 0 spiro atoms. The Morgan fingerprint density at radius 1 is 1.40 bits per heavy atom. The lowest BCUT2D eigenvalue weighted by atomic mass is 9.80. The van der Waals surface area contributed by atoms with E-state index in [1.54, 1.807) is 0 Å². The molecule has 25 heavy (non-hydrogen) atoms. The Bertz CT molecular complexity index is 798. The number of benzene rings is 1. The molecule has 1 aliphatic carbocycles. The number of aryl methyl sites for hydroxylation is 1. The predicted molar refractivity (Wildman–Crippen MR) is 94.5 cm³/mol. The summed E-state index contributed by atoms with van der Waals surface area (Å²) in [5.74, 6) is 2.27. The predicted octanol–water partition coefficient (Wildman–Crippen LogP) is 3.70. The number of hydrogen-bond donors (Lipinski definition) is 0. The van der Waals surface area contributed by atoms with Crippen LogP contribution in [-0.4, -0.2) is 34.0 Å². The molecule has 1 aliphatic heterocycles. The van der Waals surface area contributed by atoms with E-state index in [0.717, 1.165) is 36.3 Å². The molecule has 2 aromatic rings. The summed E-state index contributed by atoms with van der Waals surface area (Å²) in [5.41, 5.74) is 1.75. The Kier molecular flexibility index (Phi) is 3.89. The van der Waals surface area contributed by atoms with Gasteiger partial charge in [0.2, 0.25) is 5.89 Å².